The van der Waals surface area contributed by atoms with Crippen molar-refractivity contribution in [2.75, 3.05) is 19.9 Å². The summed E-state index contributed by atoms with van der Waals surface area (Å²) in [6, 6.07) is 0. The largest absolute Gasteiger partial charge is 0.355 e. The Labute approximate surface area is 86.9 Å². The van der Waals surface area contributed by atoms with Crippen LogP contribution in [0.5, 0.6) is 0 Å². The Balaban J connectivity index is 2.11. The second-order valence-corrected chi connectivity index (χ2v) is 4.17. The smallest absolute Gasteiger partial charge is 0.147 e. The van der Waals surface area contributed by atoms with Crippen LogP contribution in [0.3, 0.4) is 0 Å². The lowest BCUT2D eigenvalue weighted by molar-refractivity contribution is -0.143. The molecule has 0 aromatic rings. The van der Waals surface area contributed by atoms with Crippen molar-refractivity contribution < 1.29 is 9.47 Å². The maximum Gasteiger partial charge on any atom is 0.147 e. The van der Waals surface area contributed by atoms with Gasteiger partial charge in [0.2, 0.25) is 0 Å². The second kappa shape index (κ2) is 5.69. The zero-order valence-corrected chi connectivity index (χ0v) is 9.42. The Bertz CT molecular complexity index is 145. The Morgan fingerprint density at radius 3 is 2.36 bits per heavy atom. The van der Waals surface area contributed by atoms with E-state index in [1.165, 1.54) is 12.8 Å². The number of rotatable bonds is 8. The molecular formula is C11H23NO2. The summed E-state index contributed by atoms with van der Waals surface area (Å²) in [6.45, 7) is 6.05. The molecule has 0 atom stereocenters. The van der Waals surface area contributed by atoms with E-state index in [0.29, 0.717) is 13.3 Å². The van der Waals surface area contributed by atoms with Crippen LogP contribution in [-0.4, -0.2) is 25.5 Å². The van der Waals surface area contributed by atoms with Gasteiger partial charge in [0, 0.05) is 6.54 Å². The van der Waals surface area contributed by atoms with Crippen LogP contribution in [0.25, 0.3) is 0 Å². The molecule has 0 aliphatic heterocycles. The third kappa shape index (κ3) is 3.56. The molecule has 84 valence electrons. The van der Waals surface area contributed by atoms with E-state index in [1.807, 2.05) is 0 Å². The van der Waals surface area contributed by atoms with Crippen LogP contribution < -0.4 is 5.73 Å². The van der Waals surface area contributed by atoms with E-state index in [-0.39, 0.29) is 5.60 Å². The van der Waals surface area contributed by atoms with E-state index in [4.69, 9.17) is 15.2 Å². The monoisotopic (exact) mass is 201 g/mol. The molecule has 14 heavy (non-hydrogen) atoms. The van der Waals surface area contributed by atoms with Crippen molar-refractivity contribution in [2.45, 2.75) is 45.1 Å². The predicted molar refractivity (Wildman–Crippen MR) is 57.0 cm³/mol. The molecule has 2 N–H and O–H groups in total. The first-order valence-electron chi connectivity index (χ1n) is 5.68. The van der Waals surface area contributed by atoms with E-state index in [2.05, 4.69) is 13.8 Å². The summed E-state index contributed by atoms with van der Waals surface area (Å²) in [7, 11) is 0. The van der Waals surface area contributed by atoms with Crippen molar-refractivity contribution in [3.05, 3.63) is 0 Å². The molecule has 0 radical (unpaired) electrons. The molecule has 0 aromatic heterocycles. The van der Waals surface area contributed by atoms with Gasteiger partial charge < -0.3 is 15.2 Å². The number of hydrogen-bond acceptors (Lipinski definition) is 3. The van der Waals surface area contributed by atoms with Crippen molar-refractivity contribution in [1.29, 1.82) is 0 Å². The molecule has 0 aromatic carbocycles. The highest BCUT2D eigenvalue weighted by Gasteiger charge is 2.26. The first-order chi connectivity index (χ1) is 6.76. The number of nitrogens with two attached hydrogens (primary N) is 1. The minimum Gasteiger partial charge on any atom is -0.355 e. The Morgan fingerprint density at radius 2 is 1.93 bits per heavy atom. The average Bonchev–Trinajstić information content (AvgIpc) is 3.03. The zero-order valence-electron chi connectivity index (χ0n) is 9.42. The van der Waals surface area contributed by atoms with Crippen LogP contribution in [0, 0.1) is 5.92 Å². The summed E-state index contributed by atoms with van der Waals surface area (Å²) >= 11 is 0. The minimum atomic E-state index is -0.163. The fraction of sp³-hybridized carbons (Fsp3) is 1.00. The summed E-state index contributed by atoms with van der Waals surface area (Å²) in [6.07, 6.45) is 4.55. The van der Waals surface area contributed by atoms with Gasteiger partial charge in [0.05, 0.1) is 12.2 Å². The quantitative estimate of drug-likeness (QED) is 0.482. The van der Waals surface area contributed by atoms with Crippen molar-refractivity contribution in [3.63, 3.8) is 0 Å². The van der Waals surface area contributed by atoms with Crippen molar-refractivity contribution in [2.24, 2.45) is 11.7 Å². The maximum atomic E-state index is 5.71. The fourth-order valence-corrected chi connectivity index (χ4v) is 1.47. The maximum absolute atomic E-state index is 5.71. The number of hydrogen-bond donors (Lipinski definition) is 1. The predicted octanol–water partition coefficient (Wildman–Crippen LogP) is 1.90. The van der Waals surface area contributed by atoms with Crippen LogP contribution >= 0.6 is 0 Å². The molecule has 0 amide bonds. The second-order valence-electron chi connectivity index (χ2n) is 4.17. The van der Waals surface area contributed by atoms with Gasteiger partial charge >= 0.3 is 0 Å². The Hall–Kier alpha value is -0.120. The van der Waals surface area contributed by atoms with E-state index in [0.717, 1.165) is 25.4 Å². The SMILES string of the molecule is CCC(CC)(CN)OCOCC1CC1. The summed E-state index contributed by atoms with van der Waals surface area (Å²) in [4.78, 5) is 0. The molecule has 1 rings (SSSR count). The van der Waals surface area contributed by atoms with Gasteiger partial charge in [0.25, 0.3) is 0 Å². The highest BCUT2D eigenvalue weighted by molar-refractivity contribution is 4.78. The van der Waals surface area contributed by atoms with Crippen molar-refractivity contribution in [3.8, 4) is 0 Å². The average molecular weight is 201 g/mol. The van der Waals surface area contributed by atoms with Crippen LogP contribution in [-0.2, 0) is 9.47 Å². The standard InChI is InChI=1S/C11H23NO2/c1-3-11(4-2,8-12)14-9-13-7-10-5-6-10/h10H,3-9,12H2,1-2H3. The molecule has 3 heteroatoms. The highest BCUT2D eigenvalue weighted by atomic mass is 16.7. The highest BCUT2D eigenvalue weighted by Crippen LogP contribution is 2.29. The van der Waals surface area contributed by atoms with Gasteiger partial charge in [-0.2, -0.15) is 0 Å². The van der Waals surface area contributed by atoms with Gasteiger partial charge in [0.15, 0.2) is 0 Å². The lowest BCUT2D eigenvalue weighted by atomic mass is 9.98. The van der Waals surface area contributed by atoms with Crippen LogP contribution in [0.15, 0.2) is 0 Å². The third-order valence-corrected chi connectivity index (χ3v) is 3.16. The minimum absolute atomic E-state index is 0.163. The van der Waals surface area contributed by atoms with E-state index in [9.17, 15) is 0 Å². The molecule has 0 bridgehead atoms. The molecule has 0 saturated heterocycles. The molecule has 1 fully saturated rings. The molecule has 0 spiro atoms. The van der Waals surface area contributed by atoms with Gasteiger partial charge in [-0.25, -0.2) is 0 Å². The van der Waals surface area contributed by atoms with Gasteiger partial charge in [0.1, 0.15) is 6.79 Å². The first-order valence-corrected chi connectivity index (χ1v) is 5.68. The lowest BCUT2D eigenvalue weighted by Gasteiger charge is -2.30. The fourth-order valence-electron chi connectivity index (χ4n) is 1.47. The van der Waals surface area contributed by atoms with Crippen LogP contribution in [0.1, 0.15) is 39.5 Å². The van der Waals surface area contributed by atoms with Gasteiger partial charge in [-0.3, -0.25) is 0 Å². The molecule has 1 aliphatic rings. The van der Waals surface area contributed by atoms with Gasteiger partial charge in [-0.05, 0) is 31.6 Å². The molecule has 0 unspecified atom stereocenters. The zero-order chi connectivity index (χ0) is 10.4. The van der Waals surface area contributed by atoms with Crippen LogP contribution in [0.4, 0.5) is 0 Å². The first kappa shape index (κ1) is 12.0. The van der Waals surface area contributed by atoms with E-state index in [1.54, 1.807) is 0 Å². The third-order valence-electron chi connectivity index (χ3n) is 3.16. The van der Waals surface area contributed by atoms with Crippen LogP contribution in [0.2, 0.25) is 0 Å². The van der Waals surface area contributed by atoms with Crippen molar-refractivity contribution in [1.82, 2.24) is 0 Å². The summed E-state index contributed by atoms with van der Waals surface area (Å²) in [5.74, 6) is 0.800. The van der Waals surface area contributed by atoms with Gasteiger partial charge in [-0.1, -0.05) is 13.8 Å². The molecule has 0 heterocycles. The van der Waals surface area contributed by atoms with E-state index < -0.39 is 0 Å². The number of ether oxygens (including phenoxy) is 2. The Kier molecular flexibility index (Phi) is 4.85. The molecule has 1 saturated carbocycles. The summed E-state index contributed by atoms with van der Waals surface area (Å²) in [5.41, 5.74) is 5.54. The topological polar surface area (TPSA) is 44.5 Å². The van der Waals surface area contributed by atoms with Gasteiger partial charge in [-0.15, -0.1) is 0 Å². The summed E-state index contributed by atoms with van der Waals surface area (Å²) < 4.78 is 11.1. The normalized spacial score (nSPS) is 17.4. The van der Waals surface area contributed by atoms with Crippen molar-refractivity contribution >= 4 is 0 Å². The Morgan fingerprint density at radius 1 is 1.29 bits per heavy atom. The lowest BCUT2D eigenvalue weighted by Crippen LogP contribution is -2.40. The molecular weight excluding hydrogens is 178 g/mol. The molecule has 1 aliphatic carbocycles. The summed E-state index contributed by atoms with van der Waals surface area (Å²) in [5, 5.41) is 0. The molecule has 3 nitrogen and oxygen atoms in total. The van der Waals surface area contributed by atoms with E-state index >= 15 is 0 Å².